The van der Waals surface area contributed by atoms with Crippen LogP contribution in [0.2, 0.25) is 0 Å². The van der Waals surface area contributed by atoms with Gasteiger partial charge in [0.2, 0.25) is 5.91 Å². The Balaban J connectivity index is 1.46. The molecule has 2 N–H and O–H groups in total. The number of aromatic nitrogens is 2. The maximum Gasteiger partial charge on any atom is 0.226 e. The fourth-order valence-electron chi connectivity index (χ4n) is 5.04. The molecule has 5 rings (SSSR count). The van der Waals surface area contributed by atoms with E-state index in [-0.39, 0.29) is 36.0 Å². The zero-order valence-corrected chi connectivity index (χ0v) is 21.8. The molecule has 3 heterocycles. The predicted octanol–water partition coefficient (Wildman–Crippen LogP) is 5.77. The molecule has 0 aliphatic carbocycles. The fourth-order valence-corrected chi connectivity index (χ4v) is 5.37. The van der Waals surface area contributed by atoms with Gasteiger partial charge in [-0.25, -0.2) is 8.78 Å². The molecule has 0 unspecified atom stereocenters. The molecule has 0 radical (unpaired) electrons. The number of benzene rings is 2. The topological polar surface area (TPSA) is 62.2 Å². The summed E-state index contributed by atoms with van der Waals surface area (Å²) < 4.78 is 28.9. The van der Waals surface area contributed by atoms with Crippen LogP contribution in [0.1, 0.15) is 41.1 Å². The van der Waals surface area contributed by atoms with E-state index in [1.54, 1.807) is 18.3 Å². The average molecular weight is 532 g/mol. The molecule has 2 atom stereocenters. The summed E-state index contributed by atoms with van der Waals surface area (Å²) in [5.74, 6) is -0.851. The van der Waals surface area contributed by atoms with Crippen molar-refractivity contribution in [3.63, 3.8) is 0 Å². The van der Waals surface area contributed by atoms with E-state index in [2.05, 4.69) is 26.3 Å². The molecule has 2 aromatic carbocycles. The SMILES string of the molecule is Cc1cc([C@@H]2[C@H](c3ccccn3)NC(=S)N2CCC(=O)Nc2ccc(F)cc2)c(C)n1-c1ccc(F)cc1. The molecule has 1 aliphatic rings. The largest absolute Gasteiger partial charge is 0.352 e. The van der Waals surface area contributed by atoms with Crippen molar-refractivity contribution in [1.29, 1.82) is 0 Å². The summed E-state index contributed by atoms with van der Waals surface area (Å²) in [6.07, 6.45) is 1.93. The van der Waals surface area contributed by atoms with Crippen LogP contribution in [-0.2, 0) is 4.79 Å². The second-order valence-corrected chi connectivity index (χ2v) is 9.65. The van der Waals surface area contributed by atoms with E-state index in [4.69, 9.17) is 12.2 Å². The van der Waals surface area contributed by atoms with Gasteiger partial charge in [-0.15, -0.1) is 0 Å². The molecule has 194 valence electrons. The molecule has 38 heavy (non-hydrogen) atoms. The van der Waals surface area contributed by atoms with Gasteiger partial charge >= 0.3 is 0 Å². The number of anilines is 1. The molecule has 0 saturated carbocycles. The molecule has 4 aromatic rings. The Morgan fingerprint density at radius 3 is 2.37 bits per heavy atom. The number of aryl methyl sites for hydroxylation is 1. The first-order valence-electron chi connectivity index (χ1n) is 12.3. The quantitative estimate of drug-likeness (QED) is 0.297. The molecular weight excluding hydrogens is 504 g/mol. The summed E-state index contributed by atoms with van der Waals surface area (Å²) in [4.78, 5) is 19.4. The smallest absolute Gasteiger partial charge is 0.226 e. The van der Waals surface area contributed by atoms with Gasteiger partial charge in [-0.05, 0) is 98.4 Å². The zero-order valence-electron chi connectivity index (χ0n) is 21.0. The van der Waals surface area contributed by atoms with Crippen molar-refractivity contribution in [2.45, 2.75) is 32.4 Å². The molecule has 2 aromatic heterocycles. The van der Waals surface area contributed by atoms with Crippen molar-refractivity contribution in [2.75, 3.05) is 11.9 Å². The average Bonchev–Trinajstić information content (AvgIpc) is 3.39. The highest BCUT2D eigenvalue weighted by atomic mass is 32.1. The predicted molar refractivity (Wildman–Crippen MR) is 147 cm³/mol. The molecule has 0 spiro atoms. The van der Waals surface area contributed by atoms with Crippen LogP contribution in [0.4, 0.5) is 14.5 Å². The zero-order chi connectivity index (χ0) is 26.8. The summed E-state index contributed by atoms with van der Waals surface area (Å²) in [5.41, 5.74) is 5.26. The minimum Gasteiger partial charge on any atom is -0.352 e. The summed E-state index contributed by atoms with van der Waals surface area (Å²) in [6.45, 7) is 4.41. The molecule has 9 heteroatoms. The van der Waals surface area contributed by atoms with Crippen molar-refractivity contribution < 1.29 is 13.6 Å². The van der Waals surface area contributed by atoms with E-state index in [1.807, 2.05) is 36.9 Å². The number of pyridine rings is 1. The minimum absolute atomic E-state index is 0.182. The summed E-state index contributed by atoms with van der Waals surface area (Å²) in [7, 11) is 0. The van der Waals surface area contributed by atoms with E-state index >= 15 is 0 Å². The Morgan fingerprint density at radius 2 is 1.71 bits per heavy atom. The number of amides is 1. The molecule has 0 bridgehead atoms. The van der Waals surface area contributed by atoms with E-state index in [1.165, 1.54) is 36.4 Å². The Kier molecular flexibility index (Phi) is 7.20. The van der Waals surface area contributed by atoms with Gasteiger partial charge in [0.15, 0.2) is 5.11 Å². The van der Waals surface area contributed by atoms with Gasteiger partial charge in [0.1, 0.15) is 11.6 Å². The van der Waals surface area contributed by atoms with Gasteiger partial charge in [-0.3, -0.25) is 9.78 Å². The molecule has 6 nitrogen and oxygen atoms in total. The Hall–Kier alpha value is -4.11. The second-order valence-electron chi connectivity index (χ2n) is 9.26. The number of carbonyl (C=O) groups excluding carboxylic acids is 1. The summed E-state index contributed by atoms with van der Waals surface area (Å²) >= 11 is 5.75. The van der Waals surface area contributed by atoms with Crippen molar-refractivity contribution in [1.82, 2.24) is 19.8 Å². The van der Waals surface area contributed by atoms with Crippen molar-refractivity contribution in [3.05, 3.63) is 113 Å². The molecular formula is C29H27F2N5OS. The van der Waals surface area contributed by atoms with Gasteiger partial charge < -0.3 is 20.1 Å². The first-order chi connectivity index (χ1) is 18.3. The van der Waals surface area contributed by atoms with Crippen LogP contribution in [0, 0.1) is 25.5 Å². The first kappa shape index (κ1) is 25.5. The standard InChI is InChI=1S/C29H27F2N5OS/c1-18-17-24(19(2)36(18)23-12-8-21(31)9-13-23)28-27(25-5-3-4-15-32-25)34-29(38)35(28)16-14-26(37)33-22-10-6-20(30)7-11-22/h3-13,15,17,27-28H,14,16H2,1-2H3,(H,33,37)(H,34,38)/t27-,28+/m0/s1. The van der Waals surface area contributed by atoms with E-state index in [0.717, 1.165) is 28.3 Å². The number of carbonyl (C=O) groups is 1. The highest BCUT2D eigenvalue weighted by molar-refractivity contribution is 7.80. The molecule has 1 fully saturated rings. The first-order valence-corrected chi connectivity index (χ1v) is 12.7. The van der Waals surface area contributed by atoms with Crippen LogP contribution in [0.25, 0.3) is 5.69 Å². The molecule has 1 amide bonds. The third-order valence-electron chi connectivity index (χ3n) is 6.78. The van der Waals surface area contributed by atoms with Gasteiger partial charge in [-0.2, -0.15) is 0 Å². The Morgan fingerprint density at radius 1 is 1.03 bits per heavy atom. The summed E-state index contributed by atoms with van der Waals surface area (Å²) in [5, 5.41) is 6.76. The lowest BCUT2D eigenvalue weighted by Gasteiger charge is -2.28. The van der Waals surface area contributed by atoms with Crippen LogP contribution in [-0.4, -0.2) is 32.0 Å². The lowest BCUT2D eigenvalue weighted by atomic mass is 9.96. The Labute approximate surface area is 225 Å². The van der Waals surface area contributed by atoms with Crippen LogP contribution >= 0.6 is 12.2 Å². The Bertz CT molecular complexity index is 1460. The minimum atomic E-state index is -0.363. The second kappa shape index (κ2) is 10.7. The van der Waals surface area contributed by atoms with Crippen LogP contribution in [0.3, 0.4) is 0 Å². The lowest BCUT2D eigenvalue weighted by Crippen LogP contribution is -2.32. The van der Waals surface area contributed by atoms with E-state index < -0.39 is 0 Å². The van der Waals surface area contributed by atoms with Gasteiger partial charge in [0.05, 0.1) is 17.8 Å². The fraction of sp³-hybridized carbons (Fsp3) is 0.207. The number of halogens is 2. The number of nitrogens with one attached hydrogen (secondary N) is 2. The van der Waals surface area contributed by atoms with Crippen molar-refractivity contribution in [3.8, 4) is 5.69 Å². The number of hydrogen-bond donors (Lipinski definition) is 2. The number of nitrogens with zero attached hydrogens (tertiary/aromatic N) is 3. The third-order valence-corrected chi connectivity index (χ3v) is 7.13. The maximum absolute atomic E-state index is 13.6. The van der Waals surface area contributed by atoms with Crippen molar-refractivity contribution in [2.24, 2.45) is 0 Å². The third kappa shape index (κ3) is 5.15. The van der Waals surface area contributed by atoms with Gasteiger partial charge in [0.25, 0.3) is 0 Å². The van der Waals surface area contributed by atoms with Crippen LogP contribution in [0.5, 0.6) is 0 Å². The summed E-state index contributed by atoms with van der Waals surface area (Å²) in [6, 6.07) is 19.5. The van der Waals surface area contributed by atoms with Gasteiger partial charge in [0, 0.05) is 41.9 Å². The molecule has 1 saturated heterocycles. The monoisotopic (exact) mass is 531 g/mol. The number of hydrogen-bond acceptors (Lipinski definition) is 3. The number of thiocarbonyl (C=S) groups is 1. The van der Waals surface area contributed by atoms with E-state index in [9.17, 15) is 13.6 Å². The van der Waals surface area contributed by atoms with Gasteiger partial charge in [-0.1, -0.05) is 6.07 Å². The van der Waals surface area contributed by atoms with Crippen LogP contribution < -0.4 is 10.6 Å². The van der Waals surface area contributed by atoms with Crippen LogP contribution in [0.15, 0.2) is 79.0 Å². The normalized spacial score (nSPS) is 16.9. The van der Waals surface area contributed by atoms with E-state index in [0.29, 0.717) is 17.3 Å². The maximum atomic E-state index is 13.6. The highest BCUT2D eigenvalue weighted by Gasteiger charge is 2.41. The van der Waals surface area contributed by atoms with Crippen molar-refractivity contribution >= 4 is 28.9 Å². The number of rotatable bonds is 7. The lowest BCUT2D eigenvalue weighted by molar-refractivity contribution is -0.116. The highest BCUT2D eigenvalue weighted by Crippen LogP contribution is 2.41. The molecule has 1 aliphatic heterocycles.